The molecule has 0 bridgehead atoms. The highest BCUT2D eigenvalue weighted by atomic mass is 35.5. The number of hydrogen-bond acceptors (Lipinski definition) is 4. The monoisotopic (exact) mass is 256 g/mol. The maximum Gasteiger partial charge on any atom is 0.462 e. The van der Waals surface area contributed by atoms with Gasteiger partial charge in [-0.05, 0) is 23.4 Å². The van der Waals surface area contributed by atoms with Crippen LogP contribution in [0.2, 0.25) is 0 Å². The van der Waals surface area contributed by atoms with Crippen molar-refractivity contribution < 1.29 is 14.2 Å². The lowest BCUT2D eigenvalue weighted by Gasteiger charge is -2.23. The highest BCUT2D eigenvalue weighted by Crippen LogP contribution is 2.15. The van der Waals surface area contributed by atoms with Crippen molar-refractivity contribution in [3.05, 3.63) is 10.7 Å². The highest BCUT2D eigenvalue weighted by molar-refractivity contribution is 6.42. The summed E-state index contributed by atoms with van der Waals surface area (Å²) >= 11 is 5.91. The third kappa shape index (κ3) is 2.92. The van der Waals surface area contributed by atoms with Crippen molar-refractivity contribution in [3.8, 4) is 0 Å². The van der Waals surface area contributed by atoms with Crippen LogP contribution >= 0.6 is 11.6 Å². The van der Waals surface area contributed by atoms with Crippen LogP contribution < -0.4 is 5.32 Å². The lowest BCUT2D eigenvalue weighted by atomic mass is 10.0. The van der Waals surface area contributed by atoms with Gasteiger partial charge in [-0.3, -0.25) is 0 Å². The van der Waals surface area contributed by atoms with E-state index in [-0.39, 0.29) is 5.03 Å². The lowest BCUT2D eigenvalue weighted by molar-refractivity contribution is -0.440. The normalized spacial score (nSPS) is 25.4. The molecule has 2 aliphatic rings. The Morgan fingerprint density at radius 1 is 1.71 bits per heavy atom. The van der Waals surface area contributed by atoms with Crippen molar-refractivity contribution in [2.24, 2.45) is 11.0 Å². The third-order valence-electron chi connectivity index (χ3n) is 2.82. The molecule has 1 fully saturated rings. The quantitative estimate of drug-likeness (QED) is 0.756. The Bertz CT molecular complexity index is 398. The summed E-state index contributed by atoms with van der Waals surface area (Å²) < 4.78 is 6.35. The molecule has 0 aromatic rings. The van der Waals surface area contributed by atoms with Crippen LogP contribution in [0, 0.1) is 5.92 Å². The summed E-state index contributed by atoms with van der Waals surface area (Å²) in [6.07, 6.45) is 3.73. The second-order valence-electron chi connectivity index (χ2n) is 4.14. The molecule has 17 heavy (non-hydrogen) atoms. The fraction of sp³-hybridized carbons (Fsp3) is 0.545. The van der Waals surface area contributed by atoms with Gasteiger partial charge in [0.2, 0.25) is 0 Å². The van der Waals surface area contributed by atoms with Crippen molar-refractivity contribution in [1.29, 1.82) is 0 Å². The van der Waals surface area contributed by atoms with Crippen molar-refractivity contribution >= 4 is 30.4 Å². The first kappa shape index (κ1) is 12.3. The number of carbonyl (C=O) groups excluding carboxylic acids is 1. The predicted octanol–water partition coefficient (Wildman–Crippen LogP) is 0.692. The number of halogens is 1. The van der Waals surface area contributed by atoms with Crippen LogP contribution in [0.15, 0.2) is 15.8 Å². The lowest BCUT2D eigenvalue weighted by Crippen LogP contribution is -2.32. The smallest absolute Gasteiger partial charge is 0.382 e. The van der Waals surface area contributed by atoms with E-state index in [0.717, 1.165) is 37.3 Å². The summed E-state index contributed by atoms with van der Waals surface area (Å²) in [5.41, 5.74) is 0.558. The van der Waals surface area contributed by atoms with E-state index in [1.54, 1.807) is 0 Å². The van der Waals surface area contributed by atoms with Gasteiger partial charge >= 0.3 is 5.91 Å². The van der Waals surface area contributed by atoms with E-state index in [4.69, 9.17) is 16.3 Å². The molecule has 2 rings (SSSR count). The zero-order valence-electron chi connectivity index (χ0n) is 9.49. The van der Waals surface area contributed by atoms with Crippen molar-refractivity contribution in [3.63, 3.8) is 0 Å². The van der Waals surface area contributed by atoms with E-state index in [9.17, 15) is 4.79 Å². The topological polar surface area (TPSA) is 53.7 Å². The van der Waals surface area contributed by atoms with Gasteiger partial charge < -0.3 is 10.1 Å². The first-order valence-electron chi connectivity index (χ1n) is 5.59. The van der Waals surface area contributed by atoms with Gasteiger partial charge in [0.1, 0.15) is 6.21 Å². The first-order valence-corrected chi connectivity index (χ1v) is 5.96. The van der Waals surface area contributed by atoms with E-state index < -0.39 is 5.91 Å². The van der Waals surface area contributed by atoms with E-state index in [2.05, 4.69) is 17.1 Å². The molecular weight excluding hydrogens is 242 g/mol. The fourth-order valence-corrected chi connectivity index (χ4v) is 2.02. The molecule has 2 heterocycles. The summed E-state index contributed by atoms with van der Waals surface area (Å²) in [6.45, 7) is 5.77. The van der Waals surface area contributed by atoms with Crippen molar-refractivity contribution in [1.82, 2.24) is 5.32 Å². The average molecular weight is 257 g/mol. The number of nitrogens with zero attached hydrogens (tertiary/aromatic N) is 2. The molecule has 1 N–H and O–H groups in total. The van der Waals surface area contributed by atoms with Crippen LogP contribution in [0.5, 0.6) is 0 Å². The molecule has 0 unspecified atom stereocenters. The molecule has 6 heteroatoms. The van der Waals surface area contributed by atoms with Gasteiger partial charge in [0, 0.05) is 18.3 Å². The maximum absolute atomic E-state index is 11.5. The molecule has 5 nitrogen and oxygen atoms in total. The second kappa shape index (κ2) is 5.42. The molecule has 0 saturated carbocycles. The fourth-order valence-electron chi connectivity index (χ4n) is 1.81. The van der Waals surface area contributed by atoms with Crippen molar-refractivity contribution in [2.45, 2.75) is 12.8 Å². The summed E-state index contributed by atoms with van der Waals surface area (Å²) in [5, 5.41) is 7.08. The van der Waals surface area contributed by atoms with Crippen LogP contribution in [-0.2, 0) is 9.53 Å². The number of amides is 1. The largest absolute Gasteiger partial charge is 0.462 e. The van der Waals surface area contributed by atoms with Gasteiger partial charge in [-0.15, -0.1) is 0 Å². The van der Waals surface area contributed by atoms with Gasteiger partial charge in [0.15, 0.2) is 11.7 Å². The Balaban J connectivity index is 1.92. The standard InChI is InChI=1S/C11H14ClN3O2/c1-15-11(16)10(12)9(6-14-15)13-5-8-3-2-4-17-7-8/h6,8H,1-5,7H2/p+1/t8-/m1/s1. The van der Waals surface area contributed by atoms with E-state index in [0.29, 0.717) is 11.6 Å². The minimum absolute atomic E-state index is 0.131. The Morgan fingerprint density at radius 3 is 3.24 bits per heavy atom. The summed E-state index contributed by atoms with van der Waals surface area (Å²) in [7, 11) is 0. The highest BCUT2D eigenvalue weighted by Gasteiger charge is 2.27. The number of hydrogen-bond donors (Lipinski definition) is 1. The van der Waals surface area contributed by atoms with Gasteiger partial charge in [-0.1, -0.05) is 11.6 Å². The van der Waals surface area contributed by atoms with Gasteiger partial charge in [-0.2, -0.15) is 0 Å². The number of ether oxygens (including phenoxy) is 1. The third-order valence-corrected chi connectivity index (χ3v) is 3.19. The van der Waals surface area contributed by atoms with Crippen LogP contribution in [0.25, 0.3) is 0 Å². The van der Waals surface area contributed by atoms with Gasteiger partial charge in [-0.25, -0.2) is 4.79 Å². The zero-order chi connectivity index (χ0) is 12.3. The molecule has 0 radical (unpaired) electrons. The minimum atomic E-state index is -0.392. The molecule has 0 aromatic carbocycles. The predicted molar refractivity (Wildman–Crippen MR) is 65.3 cm³/mol. The van der Waals surface area contributed by atoms with Crippen LogP contribution in [-0.4, -0.2) is 43.3 Å². The molecule has 1 saturated heterocycles. The summed E-state index contributed by atoms with van der Waals surface area (Å²) in [4.78, 5) is 11.5. The van der Waals surface area contributed by atoms with Crippen LogP contribution in [0.4, 0.5) is 0 Å². The van der Waals surface area contributed by atoms with Crippen LogP contribution in [0.1, 0.15) is 12.8 Å². The molecule has 1 atom stereocenters. The number of nitrogens with one attached hydrogen (secondary N) is 1. The second-order valence-corrected chi connectivity index (χ2v) is 4.52. The Morgan fingerprint density at radius 2 is 2.53 bits per heavy atom. The molecular formula is C11H15ClN3O2+. The van der Waals surface area contributed by atoms with Gasteiger partial charge in [0.05, 0.1) is 12.3 Å². The maximum atomic E-state index is 11.5. The average Bonchev–Trinajstić information content (AvgIpc) is 2.36. The zero-order valence-corrected chi connectivity index (χ0v) is 10.2. The minimum Gasteiger partial charge on any atom is -0.382 e. The number of allylic oxidation sites excluding steroid dienone is 1. The van der Waals surface area contributed by atoms with Crippen molar-refractivity contribution in [2.75, 3.05) is 19.8 Å². The molecule has 92 valence electrons. The number of rotatable bonds is 3. The Kier molecular flexibility index (Phi) is 3.91. The SMILES string of the molecule is C=[N+]1N=CC(NC[C@H]2CCCOC2)=C(Cl)C1=O. The van der Waals surface area contributed by atoms with E-state index in [1.165, 1.54) is 6.21 Å². The molecule has 0 spiro atoms. The Labute approximate surface area is 105 Å². The number of hydrazone groups is 1. The molecule has 0 aliphatic carbocycles. The molecule has 0 aromatic heterocycles. The Hall–Kier alpha value is -1.20. The molecule has 2 aliphatic heterocycles. The van der Waals surface area contributed by atoms with Crippen LogP contribution in [0.3, 0.4) is 0 Å². The van der Waals surface area contributed by atoms with Gasteiger partial charge in [0.25, 0.3) is 0 Å². The van der Waals surface area contributed by atoms with E-state index in [1.807, 2.05) is 0 Å². The first-order chi connectivity index (χ1) is 8.18. The molecule has 1 amide bonds. The summed E-state index contributed by atoms with van der Waals surface area (Å²) in [6, 6.07) is 0. The summed E-state index contributed by atoms with van der Waals surface area (Å²) in [5.74, 6) is 0.0681. The number of carbonyl (C=O) groups is 1. The van der Waals surface area contributed by atoms with E-state index >= 15 is 0 Å².